The van der Waals surface area contributed by atoms with Crippen molar-refractivity contribution in [1.29, 1.82) is 5.26 Å². The van der Waals surface area contributed by atoms with E-state index in [0.717, 1.165) is 12.3 Å². The van der Waals surface area contributed by atoms with Gasteiger partial charge in [0.05, 0.1) is 5.69 Å². The molecule has 2 heterocycles. The quantitative estimate of drug-likeness (QED) is 0.522. The summed E-state index contributed by atoms with van der Waals surface area (Å²) in [6.45, 7) is 0. The van der Waals surface area contributed by atoms with E-state index in [2.05, 4.69) is 19.9 Å². The largest absolute Gasteiger partial charge is 0.433 e. The summed E-state index contributed by atoms with van der Waals surface area (Å²) in [5.74, 6) is 0.177. The second-order valence-electron chi connectivity index (χ2n) is 5.26. The van der Waals surface area contributed by atoms with Gasteiger partial charge in [-0.2, -0.15) is 23.4 Å². The molecule has 3 aromatic rings. The Labute approximate surface area is 160 Å². The van der Waals surface area contributed by atoms with Gasteiger partial charge in [-0.3, -0.25) is 4.79 Å². The van der Waals surface area contributed by atoms with Gasteiger partial charge < -0.3 is 9.72 Å². The van der Waals surface area contributed by atoms with Crippen molar-refractivity contribution in [2.45, 2.75) is 11.3 Å². The molecule has 7 nitrogen and oxygen atoms in total. The molecule has 11 heteroatoms. The number of ether oxygens (including phenoxy) is 1. The fourth-order valence-corrected chi connectivity index (χ4v) is 2.57. The number of hydrogen-bond acceptors (Lipinski definition) is 7. The van der Waals surface area contributed by atoms with Gasteiger partial charge >= 0.3 is 12.2 Å². The van der Waals surface area contributed by atoms with Crippen LogP contribution in [0.5, 0.6) is 11.8 Å². The van der Waals surface area contributed by atoms with Gasteiger partial charge in [0.2, 0.25) is 0 Å². The molecule has 0 atom stereocenters. The molecule has 28 heavy (non-hydrogen) atoms. The number of hydrogen-bond donors (Lipinski definition) is 1. The van der Waals surface area contributed by atoms with Gasteiger partial charge in [-0.05, 0) is 36.6 Å². The molecule has 1 aromatic carbocycles. The maximum absolute atomic E-state index is 12.7. The predicted octanol–water partition coefficient (Wildman–Crippen LogP) is 3.63. The molecule has 0 unspecified atom stereocenters. The molecule has 0 aliphatic carbocycles. The average molecular weight is 405 g/mol. The molecule has 3 rings (SSSR count). The first-order chi connectivity index (χ1) is 13.3. The molecule has 0 saturated carbocycles. The first-order valence-electron chi connectivity index (χ1n) is 7.58. The van der Waals surface area contributed by atoms with E-state index in [1.54, 1.807) is 6.26 Å². The fraction of sp³-hybridized carbons (Fsp3) is 0.118. The third-order valence-corrected chi connectivity index (χ3v) is 4.04. The van der Waals surface area contributed by atoms with E-state index in [9.17, 15) is 23.2 Å². The molecule has 0 bridgehead atoms. The lowest BCUT2D eigenvalue weighted by Gasteiger charge is -2.09. The molecule has 0 aliphatic heterocycles. The number of nitriles is 1. The van der Waals surface area contributed by atoms with Gasteiger partial charge in [0, 0.05) is 11.8 Å². The summed E-state index contributed by atoms with van der Waals surface area (Å²) in [6, 6.07) is 8.03. The van der Waals surface area contributed by atoms with Crippen molar-refractivity contribution in [3.63, 3.8) is 0 Å². The summed E-state index contributed by atoms with van der Waals surface area (Å²) in [7, 11) is 0. The molecule has 1 N–H and O–H groups in total. The second-order valence-corrected chi connectivity index (χ2v) is 6.05. The smallest absolute Gasteiger partial charge is 0.424 e. The van der Waals surface area contributed by atoms with Crippen LogP contribution in [0.15, 0.2) is 46.5 Å². The minimum Gasteiger partial charge on any atom is -0.424 e. The van der Waals surface area contributed by atoms with E-state index in [0.29, 0.717) is 10.7 Å². The first-order valence-corrected chi connectivity index (χ1v) is 8.81. The molecule has 0 saturated heterocycles. The first kappa shape index (κ1) is 19.4. The van der Waals surface area contributed by atoms with Crippen LogP contribution in [0.4, 0.5) is 13.2 Å². The maximum Gasteiger partial charge on any atom is 0.433 e. The van der Waals surface area contributed by atoms with E-state index < -0.39 is 23.4 Å². The second kappa shape index (κ2) is 7.69. The van der Waals surface area contributed by atoms with Crippen molar-refractivity contribution in [2.24, 2.45) is 0 Å². The molecule has 0 spiro atoms. The number of nitrogens with one attached hydrogen (secondary N) is 1. The number of rotatable bonds is 4. The van der Waals surface area contributed by atoms with E-state index in [1.807, 2.05) is 6.07 Å². The molecule has 0 amide bonds. The van der Waals surface area contributed by atoms with Gasteiger partial charge in [-0.25, -0.2) is 9.97 Å². The topological polar surface area (TPSA) is 105 Å². The molecule has 0 aliphatic rings. The highest BCUT2D eigenvalue weighted by molar-refractivity contribution is 7.98. The zero-order valence-corrected chi connectivity index (χ0v) is 14.9. The number of thioether (sulfide) groups is 1. The monoisotopic (exact) mass is 405 g/mol. The summed E-state index contributed by atoms with van der Waals surface area (Å²) in [5, 5.41) is 9.56. The number of H-pyrrole nitrogens is 1. The third-order valence-electron chi connectivity index (χ3n) is 3.46. The standard InChI is InChI=1S/C17H10F3N5O2S/c1-28-16-24-13(11(8-21)14(26)25-16)9-2-4-10(5-3-9)27-15-22-7-6-12(23-15)17(18,19)20/h2-7H,1H3,(H,24,25,26). The van der Waals surface area contributed by atoms with E-state index in [4.69, 9.17) is 4.74 Å². The van der Waals surface area contributed by atoms with Gasteiger partial charge in [-0.1, -0.05) is 11.8 Å². The summed E-state index contributed by atoms with van der Waals surface area (Å²) >= 11 is 1.21. The van der Waals surface area contributed by atoms with Gasteiger partial charge in [0.25, 0.3) is 5.56 Å². The van der Waals surface area contributed by atoms with Crippen LogP contribution >= 0.6 is 11.8 Å². The number of aromatic nitrogens is 4. The van der Waals surface area contributed by atoms with Crippen molar-refractivity contribution >= 4 is 11.8 Å². The predicted molar refractivity (Wildman–Crippen MR) is 93.9 cm³/mol. The highest BCUT2D eigenvalue weighted by Gasteiger charge is 2.33. The van der Waals surface area contributed by atoms with Gasteiger partial charge in [0.15, 0.2) is 10.9 Å². The number of aromatic amines is 1. The van der Waals surface area contributed by atoms with Crippen molar-refractivity contribution < 1.29 is 17.9 Å². The Bertz CT molecular complexity index is 1110. The van der Waals surface area contributed by atoms with E-state index in [1.165, 1.54) is 36.0 Å². The highest BCUT2D eigenvalue weighted by atomic mass is 32.2. The number of benzene rings is 1. The Kier molecular flexibility index (Phi) is 5.32. The summed E-state index contributed by atoms with van der Waals surface area (Å²) < 4.78 is 43.4. The van der Waals surface area contributed by atoms with Crippen LogP contribution < -0.4 is 10.3 Å². The summed E-state index contributed by atoms with van der Waals surface area (Å²) in [5.41, 5.74) is -1.17. The number of halogens is 3. The Balaban J connectivity index is 1.91. The summed E-state index contributed by atoms with van der Waals surface area (Å²) in [6.07, 6.45) is -1.94. The van der Waals surface area contributed by atoms with Crippen molar-refractivity contribution in [3.05, 3.63) is 58.1 Å². The normalized spacial score (nSPS) is 11.1. The molecular formula is C17H10F3N5O2S. The van der Waals surface area contributed by atoms with E-state index >= 15 is 0 Å². The number of alkyl halides is 3. The zero-order chi connectivity index (χ0) is 20.3. The van der Waals surface area contributed by atoms with Gasteiger partial charge in [-0.15, -0.1) is 0 Å². The van der Waals surface area contributed by atoms with Crippen LogP contribution in [0.3, 0.4) is 0 Å². The molecule has 0 radical (unpaired) electrons. The Morgan fingerprint density at radius 1 is 1.18 bits per heavy atom. The minimum absolute atomic E-state index is 0.146. The number of nitrogens with zero attached hydrogens (tertiary/aromatic N) is 4. The lowest BCUT2D eigenvalue weighted by molar-refractivity contribution is -0.141. The van der Waals surface area contributed by atoms with Gasteiger partial charge in [0.1, 0.15) is 17.4 Å². The van der Waals surface area contributed by atoms with Crippen LogP contribution in [0.1, 0.15) is 11.3 Å². The SMILES string of the molecule is CSc1nc(-c2ccc(Oc3nccc(C(F)(F)F)n3)cc2)c(C#N)c(=O)[nH]1. The zero-order valence-electron chi connectivity index (χ0n) is 14.1. The van der Waals surface area contributed by atoms with Crippen LogP contribution in [0.25, 0.3) is 11.3 Å². The van der Waals surface area contributed by atoms with Crippen LogP contribution in [-0.2, 0) is 6.18 Å². The van der Waals surface area contributed by atoms with Crippen LogP contribution in [0.2, 0.25) is 0 Å². The lowest BCUT2D eigenvalue weighted by atomic mass is 10.1. The molecular weight excluding hydrogens is 395 g/mol. The maximum atomic E-state index is 12.7. The van der Waals surface area contributed by atoms with Crippen molar-refractivity contribution in [2.75, 3.05) is 6.26 Å². The molecule has 0 fully saturated rings. The molecule has 142 valence electrons. The van der Waals surface area contributed by atoms with Crippen LogP contribution in [-0.4, -0.2) is 26.2 Å². The Hall–Kier alpha value is -3.39. The van der Waals surface area contributed by atoms with Crippen molar-refractivity contribution in [1.82, 2.24) is 19.9 Å². The highest BCUT2D eigenvalue weighted by Crippen LogP contribution is 2.29. The molecule has 2 aromatic heterocycles. The minimum atomic E-state index is -4.61. The average Bonchev–Trinajstić information content (AvgIpc) is 2.67. The summed E-state index contributed by atoms with van der Waals surface area (Å²) in [4.78, 5) is 25.7. The van der Waals surface area contributed by atoms with E-state index in [-0.39, 0.29) is 17.0 Å². The third kappa shape index (κ3) is 4.12. The lowest BCUT2D eigenvalue weighted by Crippen LogP contribution is -2.14. The van der Waals surface area contributed by atoms with Crippen molar-refractivity contribution in [3.8, 4) is 29.1 Å². The van der Waals surface area contributed by atoms with Crippen LogP contribution in [0, 0.1) is 11.3 Å². The Morgan fingerprint density at radius 2 is 1.89 bits per heavy atom. The fourth-order valence-electron chi connectivity index (χ4n) is 2.20. The Morgan fingerprint density at radius 3 is 2.50 bits per heavy atom.